The summed E-state index contributed by atoms with van der Waals surface area (Å²) in [6.45, 7) is 11.5. The van der Waals surface area contributed by atoms with Crippen LogP contribution in [-0.2, 0) is 16.1 Å². The molecule has 0 bridgehead atoms. The molecule has 0 N–H and O–H groups in total. The van der Waals surface area contributed by atoms with Crippen molar-refractivity contribution < 1.29 is 14.3 Å². The van der Waals surface area contributed by atoms with Crippen molar-refractivity contribution in [3.63, 3.8) is 0 Å². The molecule has 1 saturated carbocycles. The molecule has 2 atom stereocenters. The Morgan fingerprint density at radius 2 is 1.75 bits per heavy atom. The second kappa shape index (κ2) is 9.88. The molecule has 2 aliphatic heterocycles. The standard InChI is InChI=1S/C28H39N5O3/c1-20-17-21(2)33(29-20)22(3)26(34)31-11-9-28(10-12-31)18-24(28)27(35)32-15-13-30(14-16-32)19-23-7-5-6-8-25(23)36-4/h5-8,17,22,24H,9-16,18-19H2,1-4H3/t22-,24-/m1/s1. The van der Waals surface area contributed by atoms with E-state index in [1.807, 2.05) is 54.6 Å². The highest BCUT2D eigenvalue weighted by Gasteiger charge is 2.59. The van der Waals surface area contributed by atoms with Crippen LogP contribution >= 0.6 is 0 Å². The van der Waals surface area contributed by atoms with Gasteiger partial charge < -0.3 is 14.5 Å². The van der Waals surface area contributed by atoms with Gasteiger partial charge in [-0.25, -0.2) is 0 Å². The van der Waals surface area contributed by atoms with Crippen LogP contribution in [-0.4, -0.2) is 82.7 Å². The SMILES string of the molecule is COc1ccccc1CN1CCN(C(=O)[C@H]2CC23CCN(C(=O)[C@@H](C)n2nc(C)cc2C)CC3)CC1. The van der Waals surface area contributed by atoms with Gasteiger partial charge in [-0.1, -0.05) is 18.2 Å². The van der Waals surface area contributed by atoms with E-state index in [9.17, 15) is 9.59 Å². The predicted octanol–water partition coefficient (Wildman–Crippen LogP) is 3.04. The smallest absolute Gasteiger partial charge is 0.247 e. The zero-order chi connectivity index (χ0) is 25.4. The Morgan fingerprint density at radius 3 is 2.39 bits per heavy atom. The molecule has 5 rings (SSSR count). The van der Waals surface area contributed by atoms with Crippen molar-refractivity contribution in [2.75, 3.05) is 46.4 Å². The van der Waals surface area contributed by atoms with Gasteiger partial charge in [0.25, 0.3) is 0 Å². The molecule has 8 nitrogen and oxygen atoms in total. The van der Waals surface area contributed by atoms with Gasteiger partial charge in [0.1, 0.15) is 11.8 Å². The molecule has 1 aromatic carbocycles. The van der Waals surface area contributed by atoms with E-state index in [4.69, 9.17) is 4.74 Å². The molecule has 1 spiro atoms. The Morgan fingerprint density at radius 1 is 1.06 bits per heavy atom. The quantitative estimate of drug-likeness (QED) is 0.619. The first kappa shape index (κ1) is 24.8. The number of likely N-dealkylation sites (tertiary alicyclic amines) is 1. The lowest BCUT2D eigenvalue weighted by Gasteiger charge is -2.37. The second-order valence-electron chi connectivity index (χ2n) is 10.9. The van der Waals surface area contributed by atoms with Gasteiger partial charge in [-0.3, -0.25) is 19.2 Å². The van der Waals surface area contributed by atoms with E-state index in [1.165, 1.54) is 5.56 Å². The van der Waals surface area contributed by atoms with Crippen molar-refractivity contribution in [3.05, 3.63) is 47.3 Å². The number of para-hydroxylation sites is 1. The first-order valence-electron chi connectivity index (χ1n) is 13.3. The molecule has 0 radical (unpaired) electrons. The number of ether oxygens (including phenoxy) is 1. The van der Waals surface area contributed by atoms with Gasteiger partial charge in [0.15, 0.2) is 0 Å². The number of carbonyl (C=O) groups is 2. The number of hydrogen-bond acceptors (Lipinski definition) is 5. The number of piperidine rings is 1. The van der Waals surface area contributed by atoms with Crippen LogP contribution in [0, 0.1) is 25.2 Å². The maximum atomic E-state index is 13.3. The molecule has 1 aliphatic carbocycles. The van der Waals surface area contributed by atoms with E-state index in [2.05, 4.69) is 21.0 Å². The first-order valence-corrected chi connectivity index (χ1v) is 13.3. The van der Waals surface area contributed by atoms with Crippen molar-refractivity contribution in [1.82, 2.24) is 24.5 Å². The molecule has 3 heterocycles. The fraction of sp³-hybridized carbons (Fsp3) is 0.607. The largest absolute Gasteiger partial charge is 0.496 e. The molecule has 8 heteroatoms. The van der Waals surface area contributed by atoms with E-state index >= 15 is 0 Å². The van der Waals surface area contributed by atoms with Crippen LogP contribution in [0.25, 0.3) is 0 Å². The van der Waals surface area contributed by atoms with E-state index < -0.39 is 0 Å². The topological polar surface area (TPSA) is 70.9 Å². The van der Waals surface area contributed by atoms with Crippen LogP contribution in [0.15, 0.2) is 30.3 Å². The summed E-state index contributed by atoms with van der Waals surface area (Å²) < 4.78 is 7.33. The average Bonchev–Trinajstić information content (AvgIpc) is 3.48. The molecule has 0 unspecified atom stereocenters. The summed E-state index contributed by atoms with van der Waals surface area (Å²) in [6.07, 6.45) is 2.82. The molecule has 2 aromatic rings. The van der Waals surface area contributed by atoms with Crippen molar-refractivity contribution in [1.29, 1.82) is 0 Å². The number of piperazine rings is 1. The van der Waals surface area contributed by atoms with Gasteiger partial charge in [0, 0.05) is 63.0 Å². The van der Waals surface area contributed by atoms with Gasteiger partial charge in [-0.2, -0.15) is 5.10 Å². The van der Waals surface area contributed by atoms with Crippen LogP contribution in [0.5, 0.6) is 5.75 Å². The third kappa shape index (κ3) is 4.75. The number of methoxy groups -OCH3 is 1. The van der Waals surface area contributed by atoms with Crippen LogP contribution in [0.2, 0.25) is 0 Å². The summed E-state index contributed by atoms with van der Waals surface area (Å²) in [5.74, 6) is 1.50. The average molecular weight is 494 g/mol. The number of aryl methyl sites for hydroxylation is 2. The molecule has 2 amide bonds. The molecule has 2 saturated heterocycles. The van der Waals surface area contributed by atoms with Crippen LogP contribution < -0.4 is 4.74 Å². The number of amides is 2. The highest BCUT2D eigenvalue weighted by molar-refractivity contribution is 5.83. The Kier molecular flexibility index (Phi) is 6.81. The lowest BCUT2D eigenvalue weighted by molar-refractivity contribution is -0.137. The normalized spacial score (nSPS) is 22.5. The molecular formula is C28H39N5O3. The van der Waals surface area contributed by atoms with Crippen LogP contribution in [0.1, 0.15) is 49.2 Å². The summed E-state index contributed by atoms with van der Waals surface area (Å²) >= 11 is 0. The van der Waals surface area contributed by atoms with Crippen LogP contribution in [0.4, 0.5) is 0 Å². The number of hydrogen-bond donors (Lipinski definition) is 0. The summed E-state index contributed by atoms with van der Waals surface area (Å²) in [5, 5.41) is 4.50. The zero-order valence-electron chi connectivity index (χ0n) is 22.1. The highest BCUT2D eigenvalue weighted by Crippen LogP contribution is 2.60. The fourth-order valence-electron chi connectivity index (χ4n) is 6.25. The third-order valence-electron chi connectivity index (χ3n) is 8.60. The molecule has 1 aromatic heterocycles. The summed E-state index contributed by atoms with van der Waals surface area (Å²) in [5.41, 5.74) is 3.24. The van der Waals surface area contributed by atoms with E-state index in [1.54, 1.807) is 7.11 Å². The van der Waals surface area contributed by atoms with Crippen molar-refractivity contribution in [3.8, 4) is 5.75 Å². The van der Waals surface area contributed by atoms with Gasteiger partial charge >= 0.3 is 0 Å². The Bertz CT molecular complexity index is 1110. The lowest BCUT2D eigenvalue weighted by Crippen LogP contribution is -2.49. The Balaban J connectivity index is 1.10. The number of benzene rings is 1. The molecule has 3 aliphatic rings. The second-order valence-corrected chi connectivity index (χ2v) is 10.9. The number of nitrogens with zero attached hydrogens (tertiary/aromatic N) is 5. The lowest BCUT2D eigenvalue weighted by atomic mass is 9.90. The summed E-state index contributed by atoms with van der Waals surface area (Å²) in [7, 11) is 1.71. The van der Waals surface area contributed by atoms with Gasteiger partial charge in [0.2, 0.25) is 11.8 Å². The molecule has 3 fully saturated rings. The van der Waals surface area contributed by atoms with Gasteiger partial charge in [-0.05, 0) is 57.6 Å². The number of rotatable bonds is 6. The van der Waals surface area contributed by atoms with E-state index in [-0.39, 0.29) is 23.3 Å². The Hall–Kier alpha value is -2.87. The zero-order valence-corrected chi connectivity index (χ0v) is 22.1. The van der Waals surface area contributed by atoms with Gasteiger partial charge in [0.05, 0.1) is 12.8 Å². The summed E-state index contributed by atoms with van der Waals surface area (Å²) in [6, 6.07) is 9.86. The minimum absolute atomic E-state index is 0.101. The van der Waals surface area contributed by atoms with Crippen LogP contribution in [0.3, 0.4) is 0 Å². The minimum atomic E-state index is -0.295. The van der Waals surface area contributed by atoms with E-state index in [0.717, 1.165) is 82.2 Å². The number of carbonyl (C=O) groups excluding carboxylic acids is 2. The first-order chi connectivity index (χ1) is 17.3. The van der Waals surface area contributed by atoms with Crippen molar-refractivity contribution in [2.24, 2.45) is 11.3 Å². The van der Waals surface area contributed by atoms with E-state index in [0.29, 0.717) is 5.91 Å². The molecule has 36 heavy (non-hydrogen) atoms. The maximum Gasteiger partial charge on any atom is 0.247 e. The number of aromatic nitrogens is 2. The summed E-state index contributed by atoms with van der Waals surface area (Å²) in [4.78, 5) is 32.9. The fourth-order valence-corrected chi connectivity index (χ4v) is 6.25. The van der Waals surface area contributed by atoms with Crippen molar-refractivity contribution in [2.45, 2.75) is 52.6 Å². The predicted molar refractivity (Wildman–Crippen MR) is 138 cm³/mol. The Labute approximate surface area is 214 Å². The van der Waals surface area contributed by atoms with Gasteiger partial charge in [-0.15, -0.1) is 0 Å². The highest BCUT2D eigenvalue weighted by atomic mass is 16.5. The minimum Gasteiger partial charge on any atom is -0.496 e. The molecular weight excluding hydrogens is 454 g/mol. The maximum absolute atomic E-state index is 13.3. The van der Waals surface area contributed by atoms with Crippen molar-refractivity contribution >= 4 is 11.8 Å². The third-order valence-corrected chi connectivity index (χ3v) is 8.60. The monoisotopic (exact) mass is 493 g/mol. The molecule has 194 valence electrons.